The molecule has 2 heterocycles. The van der Waals surface area contributed by atoms with Crippen molar-refractivity contribution in [2.24, 2.45) is 17.6 Å². The summed E-state index contributed by atoms with van der Waals surface area (Å²) in [4.78, 5) is 17.4. The van der Waals surface area contributed by atoms with Crippen LogP contribution in [0, 0.1) is 11.8 Å². The molecule has 0 radical (unpaired) electrons. The van der Waals surface area contributed by atoms with Gasteiger partial charge in [-0.3, -0.25) is 9.69 Å². The van der Waals surface area contributed by atoms with E-state index in [2.05, 4.69) is 16.7 Å². The lowest BCUT2D eigenvalue weighted by molar-refractivity contribution is -0.139. The molecule has 4 atom stereocenters. The molecule has 3 fully saturated rings. The van der Waals surface area contributed by atoms with Crippen molar-refractivity contribution in [2.75, 3.05) is 26.2 Å². The quantitative estimate of drug-likeness (QED) is 0.864. The summed E-state index contributed by atoms with van der Waals surface area (Å²) in [5, 5.41) is 0. The Morgan fingerprint density at radius 2 is 1.95 bits per heavy atom. The number of piperidine rings is 1. The van der Waals surface area contributed by atoms with Crippen LogP contribution in [0.1, 0.15) is 51.9 Å². The summed E-state index contributed by atoms with van der Waals surface area (Å²) in [6.45, 7) is 5.60. The van der Waals surface area contributed by atoms with Gasteiger partial charge in [-0.15, -0.1) is 0 Å². The Hall–Kier alpha value is -0.610. The molecule has 2 N–H and O–H groups in total. The highest BCUT2D eigenvalue weighted by atomic mass is 16.2. The minimum absolute atomic E-state index is 0.371. The first-order valence-corrected chi connectivity index (χ1v) is 8.92. The molecule has 21 heavy (non-hydrogen) atoms. The van der Waals surface area contributed by atoms with Gasteiger partial charge in [0.1, 0.15) is 0 Å². The van der Waals surface area contributed by atoms with Crippen LogP contribution in [-0.4, -0.2) is 54.0 Å². The van der Waals surface area contributed by atoms with Crippen molar-refractivity contribution in [1.82, 2.24) is 9.80 Å². The van der Waals surface area contributed by atoms with E-state index in [-0.39, 0.29) is 0 Å². The zero-order valence-electron chi connectivity index (χ0n) is 13.5. The maximum absolute atomic E-state index is 12.8. The van der Waals surface area contributed by atoms with Gasteiger partial charge < -0.3 is 10.6 Å². The van der Waals surface area contributed by atoms with Crippen molar-refractivity contribution in [3.63, 3.8) is 0 Å². The number of hydrogen-bond donors (Lipinski definition) is 1. The molecule has 4 unspecified atom stereocenters. The van der Waals surface area contributed by atoms with Crippen molar-refractivity contribution in [3.05, 3.63) is 0 Å². The Bertz CT molecular complexity index is 371. The summed E-state index contributed by atoms with van der Waals surface area (Å²) in [5.74, 6) is 1.73. The SMILES string of the molecule is CC1CC(CN)CN1CC(=O)N1CCCC2CCCCC21. The predicted molar refractivity (Wildman–Crippen MR) is 84.9 cm³/mol. The lowest BCUT2D eigenvalue weighted by Crippen LogP contribution is -2.52. The van der Waals surface area contributed by atoms with Crippen molar-refractivity contribution >= 4 is 5.91 Å². The molecule has 4 nitrogen and oxygen atoms in total. The number of carbonyl (C=O) groups is 1. The van der Waals surface area contributed by atoms with E-state index in [4.69, 9.17) is 5.73 Å². The number of amides is 1. The molecule has 2 aliphatic heterocycles. The van der Waals surface area contributed by atoms with Crippen molar-refractivity contribution in [1.29, 1.82) is 0 Å². The minimum Gasteiger partial charge on any atom is -0.338 e. The highest BCUT2D eigenvalue weighted by Crippen LogP contribution is 2.35. The molecule has 2 saturated heterocycles. The molecule has 0 spiro atoms. The Kier molecular flexibility index (Phi) is 4.85. The van der Waals surface area contributed by atoms with Gasteiger partial charge in [0.2, 0.25) is 5.91 Å². The van der Waals surface area contributed by atoms with E-state index in [1.165, 1.54) is 38.5 Å². The van der Waals surface area contributed by atoms with Gasteiger partial charge in [0.25, 0.3) is 0 Å². The molecule has 0 aromatic heterocycles. The van der Waals surface area contributed by atoms with Crippen LogP contribution in [0.2, 0.25) is 0 Å². The summed E-state index contributed by atoms with van der Waals surface area (Å²) in [6.07, 6.45) is 8.93. The van der Waals surface area contributed by atoms with E-state index in [9.17, 15) is 4.79 Å². The first-order valence-electron chi connectivity index (χ1n) is 8.92. The highest BCUT2D eigenvalue weighted by molar-refractivity contribution is 5.78. The summed E-state index contributed by atoms with van der Waals surface area (Å²) in [5.41, 5.74) is 5.80. The van der Waals surface area contributed by atoms with Crippen molar-refractivity contribution in [2.45, 2.75) is 64.0 Å². The van der Waals surface area contributed by atoms with Gasteiger partial charge in [-0.2, -0.15) is 0 Å². The van der Waals surface area contributed by atoms with Crippen LogP contribution in [0.4, 0.5) is 0 Å². The van der Waals surface area contributed by atoms with Gasteiger partial charge in [-0.25, -0.2) is 0 Å². The van der Waals surface area contributed by atoms with Gasteiger partial charge in [-0.05, 0) is 57.4 Å². The molecular formula is C17H31N3O. The molecule has 3 rings (SSSR count). The number of carbonyl (C=O) groups excluding carboxylic acids is 1. The number of fused-ring (bicyclic) bond motifs is 1. The standard InChI is InChI=1S/C17H31N3O/c1-13-9-14(10-18)11-19(13)12-17(21)20-8-4-6-15-5-2-3-7-16(15)20/h13-16H,2-12,18H2,1H3. The molecule has 3 aliphatic rings. The van der Waals surface area contributed by atoms with Crippen molar-refractivity contribution < 1.29 is 4.79 Å². The molecular weight excluding hydrogens is 262 g/mol. The van der Waals surface area contributed by atoms with E-state index in [0.717, 1.165) is 32.0 Å². The number of nitrogens with zero attached hydrogens (tertiary/aromatic N) is 2. The predicted octanol–water partition coefficient (Wildman–Crippen LogP) is 1.84. The summed E-state index contributed by atoms with van der Waals surface area (Å²) < 4.78 is 0. The number of nitrogens with two attached hydrogens (primary N) is 1. The van der Waals surface area contributed by atoms with Crippen LogP contribution in [-0.2, 0) is 4.79 Å². The second-order valence-corrected chi connectivity index (χ2v) is 7.46. The normalized spacial score (nSPS) is 37.5. The van der Waals surface area contributed by atoms with Gasteiger partial charge in [0.05, 0.1) is 6.54 Å². The van der Waals surface area contributed by atoms with Gasteiger partial charge in [0.15, 0.2) is 0 Å². The molecule has 4 heteroatoms. The van der Waals surface area contributed by atoms with Crippen LogP contribution < -0.4 is 5.73 Å². The molecule has 0 aromatic rings. The summed E-state index contributed by atoms with van der Waals surface area (Å²) in [6, 6.07) is 1.05. The Labute approximate surface area is 129 Å². The van der Waals surface area contributed by atoms with Gasteiger partial charge >= 0.3 is 0 Å². The zero-order valence-corrected chi connectivity index (χ0v) is 13.5. The first kappa shape index (κ1) is 15.3. The second-order valence-electron chi connectivity index (χ2n) is 7.46. The minimum atomic E-state index is 0.371. The van der Waals surface area contributed by atoms with Crippen molar-refractivity contribution in [3.8, 4) is 0 Å². The fourth-order valence-electron chi connectivity index (χ4n) is 4.81. The maximum atomic E-state index is 12.8. The van der Waals surface area contributed by atoms with Gasteiger partial charge in [-0.1, -0.05) is 12.8 Å². The lowest BCUT2D eigenvalue weighted by Gasteiger charge is -2.44. The summed E-state index contributed by atoms with van der Waals surface area (Å²) in [7, 11) is 0. The largest absolute Gasteiger partial charge is 0.338 e. The lowest BCUT2D eigenvalue weighted by atomic mass is 9.78. The smallest absolute Gasteiger partial charge is 0.237 e. The van der Waals surface area contributed by atoms with Crippen LogP contribution in [0.25, 0.3) is 0 Å². The monoisotopic (exact) mass is 293 g/mol. The fraction of sp³-hybridized carbons (Fsp3) is 0.941. The molecule has 1 amide bonds. The van der Waals surface area contributed by atoms with Crippen LogP contribution in [0.5, 0.6) is 0 Å². The zero-order chi connectivity index (χ0) is 14.8. The number of hydrogen-bond acceptors (Lipinski definition) is 3. The highest BCUT2D eigenvalue weighted by Gasteiger charge is 2.37. The second kappa shape index (κ2) is 6.66. The third kappa shape index (κ3) is 3.26. The summed E-state index contributed by atoms with van der Waals surface area (Å²) >= 11 is 0. The molecule has 120 valence electrons. The molecule has 1 aliphatic carbocycles. The average molecular weight is 293 g/mol. The van der Waals surface area contributed by atoms with Gasteiger partial charge in [0, 0.05) is 25.2 Å². The first-order chi connectivity index (χ1) is 10.2. The molecule has 1 saturated carbocycles. The fourth-order valence-corrected chi connectivity index (χ4v) is 4.81. The van der Waals surface area contributed by atoms with E-state index in [1.807, 2.05) is 0 Å². The molecule has 0 bridgehead atoms. The molecule has 0 aromatic carbocycles. The Morgan fingerprint density at radius 1 is 1.19 bits per heavy atom. The van der Waals surface area contributed by atoms with Crippen LogP contribution in [0.15, 0.2) is 0 Å². The third-order valence-corrected chi connectivity index (χ3v) is 6.03. The third-order valence-electron chi connectivity index (χ3n) is 6.03. The Morgan fingerprint density at radius 3 is 2.71 bits per heavy atom. The number of rotatable bonds is 3. The van der Waals surface area contributed by atoms with Crippen LogP contribution >= 0.6 is 0 Å². The van der Waals surface area contributed by atoms with Crippen LogP contribution in [0.3, 0.4) is 0 Å². The topological polar surface area (TPSA) is 49.6 Å². The van der Waals surface area contributed by atoms with E-state index in [1.54, 1.807) is 0 Å². The maximum Gasteiger partial charge on any atom is 0.237 e. The number of likely N-dealkylation sites (tertiary alicyclic amines) is 2. The average Bonchev–Trinajstić information content (AvgIpc) is 2.87. The Balaban J connectivity index is 1.59. The van der Waals surface area contributed by atoms with E-state index >= 15 is 0 Å². The van der Waals surface area contributed by atoms with E-state index in [0.29, 0.717) is 30.5 Å². The van der Waals surface area contributed by atoms with E-state index < -0.39 is 0 Å².